The standard InChI is InChI=1S/C35H39FN4O/c1-4-28-19-30(13-16-33(28)39-20-25(2)37-24-39)32-22-38(21-27-9-6-5-7-10-27)23-35(32)17-8-18-40(34(35)41)26(3)29-11-14-31(36)15-12-29/h5-7,9-16,19-20,24,26,32H,4,8,17-18,21-23H2,1-3H3. The first-order valence-corrected chi connectivity index (χ1v) is 14.8. The first-order valence-electron chi connectivity index (χ1n) is 14.8. The van der Waals surface area contributed by atoms with Gasteiger partial charge in [0.1, 0.15) is 5.82 Å². The molecule has 212 valence electrons. The number of hydrogen-bond donors (Lipinski definition) is 0. The smallest absolute Gasteiger partial charge is 0.231 e. The van der Waals surface area contributed by atoms with Crippen LogP contribution in [0.15, 0.2) is 85.3 Å². The molecule has 5 nitrogen and oxygen atoms in total. The van der Waals surface area contributed by atoms with Gasteiger partial charge in [-0.05, 0) is 73.6 Å². The van der Waals surface area contributed by atoms with E-state index >= 15 is 0 Å². The third-order valence-electron chi connectivity index (χ3n) is 9.27. The first-order chi connectivity index (χ1) is 19.9. The van der Waals surface area contributed by atoms with Gasteiger partial charge >= 0.3 is 0 Å². The van der Waals surface area contributed by atoms with Crippen molar-refractivity contribution in [1.82, 2.24) is 19.4 Å². The van der Waals surface area contributed by atoms with Crippen molar-refractivity contribution in [3.63, 3.8) is 0 Å². The highest BCUT2D eigenvalue weighted by atomic mass is 19.1. The molecule has 1 aromatic heterocycles. The summed E-state index contributed by atoms with van der Waals surface area (Å²) in [5, 5.41) is 0. The number of aromatic nitrogens is 2. The van der Waals surface area contributed by atoms with Gasteiger partial charge in [0.2, 0.25) is 5.91 Å². The molecule has 2 saturated heterocycles. The molecule has 4 aromatic rings. The van der Waals surface area contributed by atoms with Gasteiger partial charge in [0, 0.05) is 44.0 Å². The lowest BCUT2D eigenvalue weighted by molar-refractivity contribution is -0.149. The summed E-state index contributed by atoms with van der Waals surface area (Å²) in [6.45, 7) is 9.40. The number of amides is 1. The van der Waals surface area contributed by atoms with Gasteiger partial charge in [0.25, 0.3) is 0 Å². The molecule has 0 bridgehead atoms. The summed E-state index contributed by atoms with van der Waals surface area (Å²) in [5.74, 6) is 0.0649. The van der Waals surface area contributed by atoms with Crippen LogP contribution in [-0.2, 0) is 17.8 Å². The lowest BCUT2D eigenvalue weighted by Crippen LogP contribution is -2.52. The van der Waals surface area contributed by atoms with Crippen molar-refractivity contribution in [3.05, 3.63) is 119 Å². The van der Waals surface area contributed by atoms with E-state index in [0.717, 1.165) is 62.4 Å². The van der Waals surface area contributed by atoms with Crippen LogP contribution >= 0.6 is 0 Å². The number of imidazole rings is 1. The van der Waals surface area contributed by atoms with Crippen LogP contribution in [0, 0.1) is 18.2 Å². The van der Waals surface area contributed by atoms with Gasteiger partial charge in [-0.2, -0.15) is 0 Å². The molecule has 3 atom stereocenters. The van der Waals surface area contributed by atoms with Gasteiger partial charge in [-0.1, -0.05) is 61.5 Å². The number of rotatable bonds is 7. The number of benzene rings is 3. The second kappa shape index (κ2) is 11.2. The van der Waals surface area contributed by atoms with Crippen molar-refractivity contribution >= 4 is 5.91 Å². The molecule has 3 unspecified atom stereocenters. The highest BCUT2D eigenvalue weighted by molar-refractivity contribution is 5.86. The second-order valence-electron chi connectivity index (χ2n) is 11.9. The number of halogens is 1. The Kier molecular flexibility index (Phi) is 7.52. The molecule has 0 radical (unpaired) electrons. The van der Waals surface area contributed by atoms with Crippen molar-refractivity contribution in [3.8, 4) is 5.69 Å². The Morgan fingerprint density at radius 3 is 2.56 bits per heavy atom. The third kappa shape index (κ3) is 5.21. The quantitative estimate of drug-likeness (QED) is 0.253. The maximum atomic E-state index is 14.7. The molecule has 41 heavy (non-hydrogen) atoms. The SMILES string of the molecule is CCc1cc(C2CN(Cc3ccccc3)CC23CCCN(C(C)c2ccc(F)cc2)C3=O)ccc1-n1cnc(C)c1. The summed E-state index contributed by atoms with van der Waals surface area (Å²) in [6, 6.07) is 23.8. The molecule has 1 amide bonds. The molecule has 0 aliphatic carbocycles. The summed E-state index contributed by atoms with van der Waals surface area (Å²) in [7, 11) is 0. The van der Waals surface area contributed by atoms with E-state index in [-0.39, 0.29) is 23.7 Å². The summed E-state index contributed by atoms with van der Waals surface area (Å²) in [5.41, 5.74) is 6.37. The molecule has 3 aromatic carbocycles. The van der Waals surface area contributed by atoms with Gasteiger partial charge < -0.3 is 9.47 Å². The number of piperidine rings is 1. The highest BCUT2D eigenvalue weighted by Gasteiger charge is 2.55. The minimum absolute atomic E-state index is 0.0887. The van der Waals surface area contributed by atoms with E-state index in [9.17, 15) is 9.18 Å². The summed E-state index contributed by atoms with van der Waals surface area (Å²) < 4.78 is 15.8. The molecule has 0 saturated carbocycles. The molecule has 6 rings (SSSR count). The molecule has 2 fully saturated rings. The van der Waals surface area contributed by atoms with Crippen molar-refractivity contribution in [2.45, 2.75) is 58.5 Å². The number of nitrogens with zero attached hydrogens (tertiary/aromatic N) is 4. The molecule has 3 heterocycles. The zero-order valence-electron chi connectivity index (χ0n) is 24.3. The fraction of sp³-hybridized carbons (Fsp3) is 0.371. The largest absolute Gasteiger partial charge is 0.335 e. The number of likely N-dealkylation sites (tertiary alicyclic amines) is 2. The minimum Gasteiger partial charge on any atom is -0.335 e. The number of aryl methyl sites for hydroxylation is 2. The van der Waals surface area contributed by atoms with Crippen LogP contribution in [0.2, 0.25) is 0 Å². The van der Waals surface area contributed by atoms with Gasteiger partial charge in [-0.15, -0.1) is 0 Å². The summed E-state index contributed by atoms with van der Waals surface area (Å²) in [6.07, 6.45) is 6.67. The number of carbonyl (C=O) groups is 1. The van der Waals surface area contributed by atoms with Crippen LogP contribution in [0.3, 0.4) is 0 Å². The topological polar surface area (TPSA) is 41.4 Å². The van der Waals surface area contributed by atoms with Gasteiger partial charge in [-0.25, -0.2) is 9.37 Å². The van der Waals surface area contributed by atoms with E-state index in [4.69, 9.17) is 0 Å². The van der Waals surface area contributed by atoms with E-state index in [1.807, 2.05) is 31.5 Å². The molecular weight excluding hydrogens is 511 g/mol. The van der Waals surface area contributed by atoms with Crippen LogP contribution in [0.1, 0.15) is 66.6 Å². The Morgan fingerprint density at radius 1 is 1.07 bits per heavy atom. The van der Waals surface area contributed by atoms with Crippen molar-refractivity contribution in [2.75, 3.05) is 19.6 Å². The minimum atomic E-state index is -0.501. The Balaban J connectivity index is 1.37. The lowest BCUT2D eigenvalue weighted by atomic mass is 9.68. The van der Waals surface area contributed by atoms with Crippen LogP contribution in [0.4, 0.5) is 4.39 Å². The lowest BCUT2D eigenvalue weighted by Gasteiger charge is -2.45. The second-order valence-corrected chi connectivity index (χ2v) is 11.9. The zero-order valence-corrected chi connectivity index (χ0v) is 24.3. The molecule has 6 heteroatoms. The van der Waals surface area contributed by atoms with Gasteiger partial charge in [0.15, 0.2) is 0 Å². The van der Waals surface area contributed by atoms with Crippen molar-refractivity contribution in [2.24, 2.45) is 5.41 Å². The van der Waals surface area contributed by atoms with Crippen molar-refractivity contribution < 1.29 is 9.18 Å². The predicted molar refractivity (Wildman–Crippen MR) is 160 cm³/mol. The summed E-state index contributed by atoms with van der Waals surface area (Å²) >= 11 is 0. The molecule has 2 aliphatic heterocycles. The van der Waals surface area contributed by atoms with Crippen LogP contribution < -0.4 is 0 Å². The average molecular weight is 551 g/mol. The monoisotopic (exact) mass is 550 g/mol. The van der Waals surface area contributed by atoms with Crippen LogP contribution in [-0.4, -0.2) is 44.9 Å². The fourth-order valence-corrected chi connectivity index (χ4v) is 7.12. The maximum Gasteiger partial charge on any atom is 0.231 e. The normalized spacial score (nSPS) is 22.0. The molecule has 0 N–H and O–H groups in total. The summed E-state index contributed by atoms with van der Waals surface area (Å²) in [4.78, 5) is 23.6. The Labute approximate surface area is 242 Å². The van der Waals surface area contributed by atoms with E-state index < -0.39 is 5.41 Å². The Morgan fingerprint density at radius 2 is 1.85 bits per heavy atom. The van der Waals surface area contributed by atoms with E-state index in [1.165, 1.54) is 28.8 Å². The zero-order chi connectivity index (χ0) is 28.6. The Hall–Kier alpha value is -3.77. The Bertz CT molecular complexity index is 1510. The van der Waals surface area contributed by atoms with Crippen molar-refractivity contribution in [1.29, 1.82) is 0 Å². The fourth-order valence-electron chi connectivity index (χ4n) is 7.12. The third-order valence-corrected chi connectivity index (χ3v) is 9.27. The first kappa shape index (κ1) is 27.4. The van der Waals surface area contributed by atoms with E-state index in [2.05, 4.69) is 81.9 Å². The maximum absolute atomic E-state index is 14.7. The van der Waals surface area contributed by atoms with E-state index in [0.29, 0.717) is 0 Å². The number of carbonyl (C=O) groups excluding carboxylic acids is 1. The number of hydrogen-bond acceptors (Lipinski definition) is 3. The molecular formula is C35H39FN4O. The van der Waals surface area contributed by atoms with Crippen LogP contribution in [0.25, 0.3) is 5.69 Å². The molecule has 1 spiro atoms. The average Bonchev–Trinajstić information content (AvgIpc) is 3.58. The van der Waals surface area contributed by atoms with Gasteiger partial charge in [-0.3, -0.25) is 9.69 Å². The molecule has 2 aliphatic rings. The van der Waals surface area contributed by atoms with E-state index in [1.54, 1.807) is 0 Å². The van der Waals surface area contributed by atoms with Crippen LogP contribution in [0.5, 0.6) is 0 Å². The highest BCUT2D eigenvalue weighted by Crippen LogP contribution is 2.51. The predicted octanol–water partition coefficient (Wildman–Crippen LogP) is 6.85. The van der Waals surface area contributed by atoms with Gasteiger partial charge in [0.05, 0.1) is 23.5 Å².